The second kappa shape index (κ2) is 9.49. The quantitative estimate of drug-likeness (QED) is 0.204. The summed E-state index contributed by atoms with van der Waals surface area (Å²) in [6.07, 6.45) is 0. The van der Waals surface area contributed by atoms with Gasteiger partial charge in [0.2, 0.25) is 0 Å². The molecular formula is C32H30BrP. The van der Waals surface area contributed by atoms with Crippen molar-refractivity contribution >= 4 is 49.9 Å². The van der Waals surface area contributed by atoms with E-state index in [1.807, 2.05) is 0 Å². The number of halogens is 1. The van der Waals surface area contributed by atoms with Crippen molar-refractivity contribution in [3.05, 3.63) is 136 Å². The molecule has 0 fully saturated rings. The van der Waals surface area contributed by atoms with Gasteiger partial charge in [0.1, 0.15) is 0 Å². The molecule has 0 bridgehead atoms. The summed E-state index contributed by atoms with van der Waals surface area (Å²) in [5, 5.41) is 6.90. The van der Waals surface area contributed by atoms with Crippen molar-refractivity contribution in [2.75, 3.05) is 0 Å². The van der Waals surface area contributed by atoms with Gasteiger partial charge in [-0.2, -0.15) is 0 Å². The van der Waals surface area contributed by atoms with E-state index in [1.165, 1.54) is 47.8 Å². The zero-order valence-electron chi connectivity index (χ0n) is 19.9. The molecule has 5 aromatic carbocycles. The third-order valence-electron chi connectivity index (χ3n) is 7.40. The Balaban J connectivity index is 1.85. The molecule has 0 amide bonds. The third kappa shape index (κ3) is 3.82. The molecule has 170 valence electrons. The number of aryl methyl sites for hydroxylation is 2. The number of benzene rings is 5. The summed E-state index contributed by atoms with van der Waals surface area (Å²) in [6.45, 7) is 6.83. The molecule has 0 radical (unpaired) electrons. The van der Waals surface area contributed by atoms with Gasteiger partial charge in [-0.3, -0.25) is 0 Å². The van der Waals surface area contributed by atoms with Crippen LogP contribution >= 0.6 is 23.2 Å². The van der Waals surface area contributed by atoms with Gasteiger partial charge in [-0.15, -0.1) is 0 Å². The van der Waals surface area contributed by atoms with Gasteiger partial charge in [-0.05, 0) is 0 Å². The summed E-state index contributed by atoms with van der Waals surface area (Å²) in [6, 6.07) is 42.9. The Kier molecular flexibility index (Phi) is 6.43. The van der Waals surface area contributed by atoms with Crippen molar-refractivity contribution in [2.24, 2.45) is 0 Å². The van der Waals surface area contributed by atoms with Crippen LogP contribution in [0.25, 0.3) is 10.8 Å². The first-order valence-electron chi connectivity index (χ1n) is 11.9. The van der Waals surface area contributed by atoms with E-state index in [9.17, 15) is 0 Å². The van der Waals surface area contributed by atoms with Gasteiger partial charge in [0, 0.05) is 0 Å². The second-order valence-corrected chi connectivity index (χ2v) is 14.3. The molecule has 0 aliphatic rings. The fourth-order valence-electron chi connectivity index (χ4n) is 5.50. The van der Waals surface area contributed by atoms with Crippen LogP contribution in [0.1, 0.15) is 29.3 Å². The van der Waals surface area contributed by atoms with Crippen LogP contribution in [0.2, 0.25) is 0 Å². The number of fused-ring (bicyclic) bond motifs is 1. The fraction of sp³-hybridized carbons (Fsp3) is 0.125. The maximum atomic E-state index is 4.07. The summed E-state index contributed by atoms with van der Waals surface area (Å²) in [7, 11) is -2.44. The first-order valence-corrected chi connectivity index (χ1v) is 14.8. The summed E-state index contributed by atoms with van der Waals surface area (Å²) in [5.74, 6) is 0. The van der Waals surface area contributed by atoms with Crippen LogP contribution in [0.4, 0.5) is 0 Å². The molecule has 0 aliphatic carbocycles. The van der Waals surface area contributed by atoms with Crippen LogP contribution in [0.5, 0.6) is 0 Å². The minimum absolute atomic E-state index is 0.306. The molecule has 5 aromatic rings. The molecule has 34 heavy (non-hydrogen) atoms. The van der Waals surface area contributed by atoms with E-state index in [1.54, 1.807) is 0 Å². The van der Waals surface area contributed by atoms with Crippen molar-refractivity contribution in [3.8, 4) is 0 Å². The molecule has 0 nitrogen and oxygen atoms in total. The Labute approximate surface area is 212 Å². The summed E-state index contributed by atoms with van der Waals surface area (Å²) in [5.41, 5.74) is 4.34. The normalized spacial score (nSPS) is 13.1. The predicted molar refractivity (Wildman–Crippen MR) is 156 cm³/mol. The Morgan fingerprint density at radius 3 is 1.50 bits per heavy atom. The van der Waals surface area contributed by atoms with Crippen LogP contribution in [0, 0.1) is 13.8 Å². The number of rotatable bonds is 5. The van der Waals surface area contributed by atoms with E-state index in [-0.39, 0.29) is 0 Å². The Hall–Kier alpha value is -2.73. The Morgan fingerprint density at radius 1 is 0.588 bits per heavy atom. The maximum absolute atomic E-state index is 4.07. The van der Waals surface area contributed by atoms with Crippen molar-refractivity contribution in [1.29, 1.82) is 0 Å². The third-order valence-corrected chi connectivity index (χ3v) is 13.6. The second-order valence-electron chi connectivity index (χ2n) is 9.25. The zero-order valence-corrected chi connectivity index (χ0v) is 22.5. The summed E-state index contributed by atoms with van der Waals surface area (Å²) < 4.78 is 1.22. The first kappa shape index (κ1) is 23.0. The van der Waals surface area contributed by atoms with Crippen molar-refractivity contribution < 1.29 is 0 Å². The molecule has 2 heteroatoms. The van der Waals surface area contributed by atoms with Gasteiger partial charge in [0.15, 0.2) is 0 Å². The van der Waals surface area contributed by atoms with Gasteiger partial charge in [0.25, 0.3) is 0 Å². The topological polar surface area (TPSA) is 0 Å². The van der Waals surface area contributed by atoms with Crippen molar-refractivity contribution in [2.45, 2.75) is 26.4 Å². The Morgan fingerprint density at radius 2 is 1.03 bits per heavy atom. The van der Waals surface area contributed by atoms with Gasteiger partial charge in [-0.1, -0.05) is 0 Å². The monoisotopic (exact) mass is 524 g/mol. The van der Waals surface area contributed by atoms with Crippen LogP contribution in [-0.4, -0.2) is 0 Å². The molecule has 1 atom stereocenters. The molecule has 0 saturated carbocycles. The average Bonchev–Trinajstić information content (AvgIpc) is 2.88. The van der Waals surface area contributed by atoms with E-state index in [4.69, 9.17) is 0 Å². The molecule has 0 spiro atoms. The van der Waals surface area contributed by atoms with E-state index in [0.717, 1.165) is 0 Å². The molecule has 0 saturated heterocycles. The summed E-state index contributed by atoms with van der Waals surface area (Å²) in [4.78, 5) is 0. The number of hydrogen-bond donors (Lipinski definition) is 0. The molecule has 0 N–H and O–H groups in total. The van der Waals surface area contributed by atoms with Crippen LogP contribution < -0.4 is 15.9 Å². The molecular weight excluding hydrogens is 495 g/mol. The van der Waals surface area contributed by atoms with Crippen LogP contribution in [-0.2, 0) is 0 Å². The van der Waals surface area contributed by atoms with Gasteiger partial charge in [-0.25, -0.2) is 0 Å². The first-order chi connectivity index (χ1) is 16.5. The zero-order chi connectivity index (χ0) is 23.7. The average molecular weight is 525 g/mol. The van der Waals surface area contributed by atoms with Crippen molar-refractivity contribution in [1.82, 2.24) is 0 Å². The van der Waals surface area contributed by atoms with Crippen LogP contribution in [0.15, 0.2) is 120 Å². The van der Waals surface area contributed by atoms with Crippen molar-refractivity contribution in [3.63, 3.8) is 0 Å². The van der Waals surface area contributed by atoms with Gasteiger partial charge < -0.3 is 0 Å². The summed E-state index contributed by atoms with van der Waals surface area (Å²) >= 11 is 4.07. The van der Waals surface area contributed by atoms with E-state index >= 15 is 0 Å². The molecule has 5 rings (SSSR count). The van der Waals surface area contributed by atoms with E-state index < -0.39 is 7.26 Å². The van der Waals surface area contributed by atoms with Crippen LogP contribution in [0.3, 0.4) is 0 Å². The Bertz CT molecular complexity index is 1330. The standard InChI is InChI=1S/C32H30BrP/c1-23-21-26-19-20-30(32(33)31(26)22-24(23)2)25(3)34(27-13-7-4-8-14-27,28-15-9-5-10-16-28)29-17-11-6-12-18-29/h4-22,25,34H,1-3H3. The van der Waals surface area contributed by atoms with E-state index in [2.05, 4.69) is 152 Å². The fourth-order valence-corrected chi connectivity index (χ4v) is 11.9. The number of hydrogen-bond acceptors (Lipinski definition) is 0. The van der Waals surface area contributed by atoms with E-state index in [0.29, 0.717) is 5.66 Å². The predicted octanol–water partition coefficient (Wildman–Crippen LogP) is 8.01. The minimum atomic E-state index is -2.44. The molecule has 0 aromatic heterocycles. The molecule has 0 aliphatic heterocycles. The molecule has 1 unspecified atom stereocenters. The van der Waals surface area contributed by atoms with Gasteiger partial charge in [0.05, 0.1) is 0 Å². The SMILES string of the molecule is Cc1cc2ccc(C(C)[PH](c3ccccc3)(c3ccccc3)c3ccccc3)c(Br)c2cc1C. The molecule has 0 heterocycles. The van der Waals surface area contributed by atoms with Gasteiger partial charge >= 0.3 is 213 Å².